The second-order valence-electron chi connectivity index (χ2n) is 2.47. The summed E-state index contributed by atoms with van der Waals surface area (Å²) in [6.07, 6.45) is -1.31. The Morgan fingerprint density at radius 2 is 1.07 bits per heavy atom. The molecule has 0 aliphatic heterocycles. The van der Waals surface area contributed by atoms with Crippen molar-refractivity contribution < 1.29 is 28.7 Å². The zero-order valence-corrected chi connectivity index (χ0v) is 17.2. The number of nitrogens with zero attached hydrogens (tertiary/aromatic N) is 1. The van der Waals surface area contributed by atoms with E-state index >= 15 is 0 Å². The van der Waals surface area contributed by atoms with Gasteiger partial charge in [0.1, 0.15) is 12.6 Å². The van der Waals surface area contributed by atoms with E-state index in [0.717, 1.165) is 4.90 Å². The predicted octanol–water partition coefficient (Wildman–Crippen LogP) is -1.95. The molecule has 77 valence electrons. The monoisotopic (exact) mass is 288 g/mol. The van der Waals surface area contributed by atoms with Crippen LogP contribution >= 0.6 is 15.2 Å². The molecule has 0 aliphatic carbocycles. The van der Waals surface area contributed by atoms with Gasteiger partial charge < -0.3 is 19.6 Å². The maximum absolute atomic E-state index is 10.3. The largest absolute Gasteiger partial charge is 0.339 e. The molecule has 0 atom stereocenters. The molecule has 0 heterocycles. The van der Waals surface area contributed by atoms with Crippen LogP contribution in [0.1, 0.15) is 0 Å². The van der Waals surface area contributed by atoms with Crippen LogP contribution in [0.5, 0.6) is 0 Å². The molecule has 0 saturated carbocycles. The molecule has 0 fully saturated rings. The van der Waals surface area contributed by atoms with Gasteiger partial charge in [-0.3, -0.25) is 14.0 Å². The molecule has 0 bridgehead atoms. The van der Waals surface area contributed by atoms with Gasteiger partial charge >= 0.3 is 15.2 Å². The molecule has 0 aromatic rings. The Morgan fingerprint density at radius 3 is 1.20 bits per heavy atom. The fourth-order valence-corrected chi connectivity index (χ4v) is 2.29. The third-order valence-corrected chi connectivity index (χ3v) is 2.55. The summed E-state index contributed by atoms with van der Waals surface area (Å²) in [5.74, 6) is 0. The van der Waals surface area contributed by atoms with E-state index in [1.165, 1.54) is 7.05 Å². The predicted molar refractivity (Wildman–Crippen MR) is 58.8 cm³/mol. The summed E-state index contributed by atoms with van der Waals surface area (Å²) in [4.78, 5) is 34.5. The SMILES string of the molecule is CN(CP(=O)(O)O)CP(=O)(O)O.[Na].[Na].[Na]. The summed E-state index contributed by atoms with van der Waals surface area (Å²) in [6, 6.07) is 0. The molecular formula is C3H11NNa3O6P2. The molecule has 0 rings (SSSR count). The molecule has 0 unspecified atom stereocenters. The van der Waals surface area contributed by atoms with Gasteiger partial charge in [-0.1, -0.05) is 0 Å². The Labute approximate surface area is 155 Å². The van der Waals surface area contributed by atoms with Crippen LogP contribution < -0.4 is 0 Å². The van der Waals surface area contributed by atoms with Crippen molar-refractivity contribution in [2.45, 2.75) is 0 Å². The Balaban J connectivity index is -0.000000202. The summed E-state index contributed by atoms with van der Waals surface area (Å²) in [5, 5.41) is 0. The van der Waals surface area contributed by atoms with E-state index in [1.807, 2.05) is 0 Å². The summed E-state index contributed by atoms with van der Waals surface area (Å²) in [6.45, 7) is 0. The van der Waals surface area contributed by atoms with Crippen molar-refractivity contribution in [2.24, 2.45) is 0 Å². The van der Waals surface area contributed by atoms with Crippen molar-refractivity contribution >= 4 is 104 Å². The molecule has 15 heavy (non-hydrogen) atoms. The molecule has 7 nitrogen and oxygen atoms in total. The van der Waals surface area contributed by atoms with E-state index in [0.29, 0.717) is 0 Å². The van der Waals surface area contributed by atoms with Crippen LogP contribution in [0.15, 0.2) is 0 Å². The van der Waals surface area contributed by atoms with Crippen LogP contribution in [-0.2, 0) is 9.13 Å². The molecule has 0 aromatic heterocycles. The van der Waals surface area contributed by atoms with Gasteiger partial charge in [0.25, 0.3) is 0 Å². The molecule has 0 saturated heterocycles. The van der Waals surface area contributed by atoms with Crippen LogP contribution in [-0.4, -0.2) is 133 Å². The van der Waals surface area contributed by atoms with Crippen LogP contribution in [0.4, 0.5) is 0 Å². The molecule has 0 aliphatic rings. The maximum Gasteiger partial charge on any atom is 0.339 e. The zero-order valence-electron chi connectivity index (χ0n) is 9.36. The van der Waals surface area contributed by atoms with Crippen molar-refractivity contribution in [3.63, 3.8) is 0 Å². The molecule has 0 aromatic carbocycles. The topological polar surface area (TPSA) is 118 Å². The van der Waals surface area contributed by atoms with Crippen LogP contribution in [0.3, 0.4) is 0 Å². The zero-order chi connectivity index (χ0) is 9.99. The summed E-state index contributed by atoms with van der Waals surface area (Å²) < 4.78 is 20.7. The van der Waals surface area contributed by atoms with Gasteiger partial charge in [0.05, 0.1) is 0 Å². The normalized spacial score (nSPS) is 11.1. The third kappa shape index (κ3) is 22.9. The van der Waals surface area contributed by atoms with Gasteiger partial charge in [0.15, 0.2) is 0 Å². The minimum absolute atomic E-state index is 0. The Kier molecular flexibility index (Phi) is 19.8. The molecule has 0 spiro atoms. The van der Waals surface area contributed by atoms with Crippen LogP contribution in [0.2, 0.25) is 0 Å². The van der Waals surface area contributed by atoms with Crippen LogP contribution in [0.25, 0.3) is 0 Å². The minimum Gasteiger partial charge on any atom is -0.324 e. The standard InChI is InChI=1S/C3H11NO6P2.3Na/c1-4(2-11(5,6)7)3-12(8,9)10;;;/h2-3H2,1H3,(H2,5,6,7)(H2,8,9,10);;;. The molecule has 3 radical (unpaired) electrons. The molecule has 12 heteroatoms. The summed E-state index contributed by atoms with van der Waals surface area (Å²) in [7, 11) is -7.23. The second kappa shape index (κ2) is 11.1. The van der Waals surface area contributed by atoms with Crippen molar-refractivity contribution in [3.05, 3.63) is 0 Å². The Morgan fingerprint density at radius 1 is 0.867 bits per heavy atom. The first-order valence-corrected chi connectivity index (χ1v) is 6.47. The quantitative estimate of drug-likeness (QED) is 0.350. The molecule has 4 N–H and O–H groups in total. The van der Waals surface area contributed by atoms with E-state index in [-0.39, 0.29) is 88.7 Å². The van der Waals surface area contributed by atoms with Crippen LogP contribution in [0, 0.1) is 0 Å². The van der Waals surface area contributed by atoms with Gasteiger partial charge in [-0.25, -0.2) is 0 Å². The average Bonchev–Trinajstić information content (AvgIpc) is 1.49. The van der Waals surface area contributed by atoms with Crippen molar-refractivity contribution in [3.8, 4) is 0 Å². The van der Waals surface area contributed by atoms with Crippen molar-refractivity contribution in [2.75, 3.05) is 19.6 Å². The fraction of sp³-hybridized carbons (Fsp3) is 1.00. The van der Waals surface area contributed by atoms with Gasteiger partial charge in [0.2, 0.25) is 0 Å². The van der Waals surface area contributed by atoms with E-state index in [1.54, 1.807) is 0 Å². The third-order valence-electron chi connectivity index (χ3n) is 0.851. The summed E-state index contributed by atoms with van der Waals surface area (Å²) in [5.41, 5.74) is 0. The fourth-order valence-electron chi connectivity index (χ4n) is 0.674. The maximum atomic E-state index is 10.3. The number of hydrogen-bond donors (Lipinski definition) is 4. The first kappa shape index (κ1) is 26.8. The van der Waals surface area contributed by atoms with Gasteiger partial charge in [-0.2, -0.15) is 0 Å². The Hall–Kier alpha value is 3.26. The second-order valence-corrected chi connectivity index (χ2v) is 5.69. The number of hydrogen-bond acceptors (Lipinski definition) is 3. The van der Waals surface area contributed by atoms with E-state index in [4.69, 9.17) is 19.6 Å². The first-order chi connectivity index (χ1) is 5.10. The summed E-state index contributed by atoms with van der Waals surface area (Å²) >= 11 is 0. The van der Waals surface area contributed by atoms with Gasteiger partial charge in [-0.15, -0.1) is 0 Å². The van der Waals surface area contributed by atoms with E-state index < -0.39 is 27.8 Å². The van der Waals surface area contributed by atoms with Crippen molar-refractivity contribution in [1.29, 1.82) is 0 Å². The Bertz CT molecular complexity index is 216. The smallest absolute Gasteiger partial charge is 0.324 e. The number of rotatable bonds is 4. The molecule has 0 amide bonds. The average molecular weight is 288 g/mol. The van der Waals surface area contributed by atoms with E-state index in [9.17, 15) is 9.13 Å². The van der Waals surface area contributed by atoms with E-state index in [2.05, 4.69) is 0 Å². The minimum atomic E-state index is -4.23. The first-order valence-electron chi connectivity index (χ1n) is 2.88. The molecular weight excluding hydrogens is 277 g/mol. The van der Waals surface area contributed by atoms with Gasteiger partial charge in [0, 0.05) is 88.7 Å². The van der Waals surface area contributed by atoms with Crippen molar-refractivity contribution in [1.82, 2.24) is 4.90 Å². The van der Waals surface area contributed by atoms with Gasteiger partial charge in [-0.05, 0) is 7.05 Å².